The summed E-state index contributed by atoms with van der Waals surface area (Å²) in [5, 5.41) is 6.55. The highest BCUT2D eigenvalue weighted by atomic mass is 35.5. The van der Waals surface area contributed by atoms with Gasteiger partial charge in [-0.15, -0.1) is 11.3 Å². The first-order valence-electron chi connectivity index (χ1n) is 6.31. The normalized spacial score (nSPS) is 12.6. The Morgan fingerprint density at radius 1 is 1.28 bits per heavy atom. The fourth-order valence-corrected chi connectivity index (χ4v) is 3.00. The van der Waals surface area contributed by atoms with E-state index in [0.717, 1.165) is 24.4 Å². The average molecular weight is 280 g/mol. The first-order chi connectivity index (χ1) is 8.79. The molecule has 0 saturated heterocycles. The molecule has 0 aliphatic carbocycles. The molecule has 0 aliphatic rings. The van der Waals surface area contributed by atoms with E-state index in [2.05, 4.69) is 41.9 Å². The second-order valence-corrected chi connectivity index (χ2v) is 5.77. The minimum Gasteiger partial charge on any atom is -0.309 e. The van der Waals surface area contributed by atoms with Gasteiger partial charge in [-0.1, -0.05) is 36.7 Å². The van der Waals surface area contributed by atoms with Crippen molar-refractivity contribution in [3.63, 3.8) is 0 Å². The summed E-state index contributed by atoms with van der Waals surface area (Å²) in [4.78, 5) is 1.39. The van der Waals surface area contributed by atoms with E-state index in [9.17, 15) is 0 Å². The van der Waals surface area contributed by atoms with Gasteiger partial charge in [0.2, 0.25) is 0 Å². The van der Waals surface area contributed by atoms with Crippen LogP contribution in [0.2, 0.25) is 5.02 Å². The lowest BCUT2D eigenvalue weighted by molar-refractivity contribution is 0.536. The second-order valence-electron chi connectivity index (χ2n) is 4.36. The van der Waals surface area contributed by atoms with E-state index in [1.807, 2.05) is 23.5 Å². The molecule has 0 bridgehead atoms. The van der Waals surface area contributed by atoms with E-state index in [0.29, 0.717) is 6.04 Å². The third kappa shape index (κ3) is 3.84. The summed E-state index contributed by atoms with van der Waals surface area (Å²) in [6.07, 6.45) is 2.14. The van der Waals surface area contributed by atoms with Crippen molar-refractivity contribution >= 4 is 22.9 Å². The number of hydrogen-bond acceptors (Lipinski definition) is 2. The lowest BCUT2D eigenvalue weighted by Crippen LogP contribution is -2.23. The molecule has 1 unspecified atom stereocenters. The summed E-state index contributed by atoms with van der Waals surface area (Å²) in [5.74, 6) is 0. The maximum atomic E-state index is 6.04. The number of thiophene rings is 1. The van der Waals surface area contributed by atoms with Crippen molar-refractivity contribution < 1.29 is 0 Å². The standard InChI is InChI=1S/C15H18ClNS/c1-2-8-17-14(15-7-4-9-18-15)11-12-5-3-6-13(16)10-12/h3-7,9-10,14,17H,2,8,11H2,1H3. The topological polar surface area (TPSA) is 12.0 Å². The summed E-state index contributed by atoms with van der Waals surface area (Å²) in [6, 6.07) is 12.8. The molecule has 1 heterocycles. The van der Waals surface area contributed by atoms with Crippen molar-refractivity contribution in [2.75, 3.05) is 6.54 Å². The second kappa shape index (κ2) is 6.93. The van der Waals surface area contributed by atoms with Gasteiger partial charge in [0, 0.05) is 15.9 Å². The van der Waals surface area contributed by atoms with Crippen LogP contribution in [0.4, 0.5) is 0 Å². The molecule has 0 saturated carbocycles. The molecule has 96 valence electrons. The Labute approximate surface area is 118 Å². The zero-order chi connectivity index (χ0) is 12.8. The van der Waals surface area contributed by atoms with Gasteiger partial charge in [-0.2, -0.15) is 0 Å². The van der Waals surface area contributed by atoms with E-state index in [-0.39, 0.29) is 0 Å². The van der Waals surface area contributed by atoms with Crippen LogP contribution in [0.5, 0.6) is 0 Å². The van der Waals surface area contributed by atoms with Gasteiger partial charge in [0.15, 0.2) is 0 Å². The lowest BCUT2D eigenvalue weighted by Gasteiger charge is -2.17. The summed E-state index contributed by atoms with van der Waals surface area (Å²) in [5.41, 5.74) is 1.28. The highest BCUT2D eigenvalue weighted by molar-refractivity contribution is 7.10. The van der Waals surface area contributed by atoms with Gasteiger partial charge >= 0.3 is 0 Å². The molecule has 3 heteroatoms. The predicted octanol–water partition coefficient (Wildman–Crippen LogP) is 4.68. The molecule has 0 fully saturated rings. The van der Waals surface area contributed by atoms with Crippen LogP contribution in [-0.2, 0) is 6.42 Å². The van der Waals surface area contributed by atoms with Crippen LogP contribution in [0.1, 0.15) is 29.8 Å². The van der Waals surface area contributed by atoms with Gasteiger partial charge in [0.05, 0.1) is 0 Å². The Balaban J connectivity index is 2.10. The van der Waals surface area contributed by atoms with Crippen molar-refractivity contribution in [2.45, 2.75) is 25.8 Å². The van der Waals surface area contributed by atoms with Crippen LogP contribution in [0.3, 0.4) is 0 Å². The largest absolute Gasteiger partial charge is 0.309 e. The molecule has 1 aromatic heterocycles. The summed E-state index contributed by atoms with van der Waals surface area (Å²) >= 11 is 7.85. The number of rotatable bonds is 6. The third-order valence-electron chi connectivity index (χ3n) is 2.86. The molecule has 0 amide bonds. The van der Waals surface area contributed by atoms with E-state index in [4.69, 9.17) is 11.6 Å². The highest BCUT2D eigenvalue weighted by Crippen LogP contribution is 2.24. The molecule has 0 radical (unpaired) electrons. The van der Waals surface area contributed by atoms with Gasteiger partial charge in [-0.25, -0.2) is 0 Å². The Bertz CT molecular complexity index is 467. The highest BCUT2D eigenvalue weighted by Gasteiger charge is 2.12. The summed E-state index contributed by atoms with van der Waals surface area (Å²) in [6.45, 7) is 3.24. The van der Waals surface area contributed by atoms with Crippen molar-refractivity contribution in [1.29, 1.82) is 0 Å². The predicted molar refractivity (Wildman–Crippen MR) is 80.5 cm³/mol. The maximum Gasteiger partial charge on any atom is 0.0455 e. The zero-order valence-electron chi connectivity index (χ0n) is 10.5. The van der Waals surface area contributed by atoms with Crippen molar-refractivity contribution in [3.8, 4) is 0 Å². The molecule has 1 N–H and O–H groups in total. The van der Waals surface area contributed by atoms with Crippen LogP contribution in [0, 0.1) is 0 Å². The molecular formula is C15H18ClNS. The molecule has 0 spiro atoms. The lowest BCUT2D eigenvalue weighted by atomic mass is 10.0. The molecule has 2 rings (SSSR count). The Morgan fingerprint density at radius 2 is 2.17 bits per heavy atom. The Morgan fingerprint density at radius 3 is 2.83 bits per heavy atom. The molecule has 2 aromatic rings. The van der Waals surface area contributed by atoms with E-state index < -0.39 is 0 Å². The average Bonchev–Trinajstić information content (AvgIpc) is 2.88. The van der Waals surface area contributed by atoms with Gasteiger partial charge in [-0.05, 0) is 48.5 Å². The monoisotopic (exact) mass is 279 g/mol. The van der Waals surface area contributed by atoms with Crippen LogP contribution >= 0.6 is 22.9 Å². The molecule has 1 atom stereocenters. The van der Waals surface area contributed by atoms with Crippen molar-refractivity contribution in [3.05, 3.63) is 57.2 Å². The van der Waals surface area contributed by atoms with E-state index in [1.54, 1.807) is 0 Å². The van der Waals surface area contributed by atoms with Gasteiger partial charge in [-0.3, -0.25) is 0 Å². The molecule has 1 aromatic carbocycles. The number of benzene rings is 1. The number of nitrogens with one attached hydrogen (secondary N) is 1. The van der Waals surface area contributed by atoms with Crippen molar-refractivity contribution in [2.24, 2.45) is 0 Å². The van der Waals surface area contributed by atoms with Gasteiger partial charge in [0.25, 0.3) is 0 Å². The van der Waals surface area contributed by atoms with E-state index >= 15 is 0 Å². The van der Waals surface area contributed by atoms with Gasteiger partial charge in [0.1, 0.15) is 0 Å². The smallest absolute Gasteiger partial charge is 0.0455 e. The zero-order valence-corrected chi connectivity index (χ0v) is 12.1. The first kappa shape index (κ1) is 13.6. The number of hydrogen-bond donors (Lipinski definition) is 1. The Kier molecular flexibility index (Phi) is 5.24. The quantitative estimate of drug-likeness (QED) is 0.809. The first-order valence-corrected chi connectivity index (χ1v) is 7.56. The molecular weight excluding hydrogens is 262 g/mol. The van der Waals surface area contributed by atoms with Crippen molar-refractivity contribution in [1.82, 2.24) is 5.32 Å². The SMILES string of the molecule is CCCNC(Cc1cccc(Cl)c1)c1cccs1. The third-order valence-corrected chi connectivity index (χ3v) is 4.08. The van der Waals surface area contributed by atoms with Gasteiger partial charge < -0.3 is 5.32 Å². The minimum atomic E-state index is 0.392. The Hall–Kier alpha value is -0.830. The summed E-state index contributed by atoms with van der Waals surface area (Å²) < 4.78 is 0. The molecule has 18 heavy (non-hydrogen) atoms. The molecule has 1 nitrogen and oxygen atoms in total. The van der Waals surface area contributed by atoms with Crippen LogP contribution in [0.15, 0.2) is 41.8 Å². The minimum absolute atomic E-state index is 0.392. The van der Waals surface area contributed by atoms with E-state index in [1.165, 1.54) is 10.4 Å². The maximum absolute atomic E-state index is 6.04. The summed E-state index contributed by atoms with van der Waals surface area (Å²) in [7, 11) is 0. The van der Waals surface area contributed by atoms with Crippen LogP contribution in [-0.4, -0.2) is 6.54 Å². The van der Waals surface area contributed by atoms with Crippen LogP contribution < -0.4 is 5.32 Å². The fraction of sp³-hybridized carbons (Fsp3) is 0.333. The fourth-order valence-electron chi connectivity index (χ4n) is 1.98. The van der Waals surface area contributed by atoms with Crippen LogP contribution in [0.25, 0.3) is 0 Å². The number of halogens is 1. The molecule has 0 aliphatic heterocycles.